The molecule has 1 aliphatic rings. The molecule has 1 aliphatic heterocycles. The van der Waals surface area contributed by atoms with Crippen LogP contribution in [0.25, 0.3) is 0 Å². The monoisotopic (exact) mass is 443 g/mol. The summed E-state index contributed by atoms with van der Waals surface area (Å²) in [7, 11) is -3.53. The number of carbonyl (C=O) groups excluding carboxylic acids is 1. The Morgan fingerprint density at radius 2 is 1.90 bits per heavy atom. The number of nitrogens with one attached hydrogen (secondary N) is 1. The Kier molecular flexibility index (Phi) is 6.12. The third-order valence-electron chi connectivity index (χ3n) is 4.78. The highest BCUT2D eigenvalue weighted by Gasteiger charge is 2.27. The third kappa shape index (κ3) is 4.69. The fourth-order valence-corrected chi connectivity index (χ4v) is 5.29. The molecule has 0 atom stereocenters. The molecule has 1 N–H and O–H groups in total. The lowest BCUT2D eigenvalue weighted by Crippen LogP contribution is -2.27. The molecule has 2 aromatic carbocycles. The van der Waals surface area contributed by atoms with Crippen molar-refractivity contribution in [2.75, 3.05) is 18.4 Å². The van der Waals surface area contributed by atoms with Gasteiger partial charge in [-0.1, -0.05) is 6.07 Å². The van der Waals surface area contributed by atoms with Gasteiger partial charge in [0.05, 0.1) is 16.1 Å². The standard InChI is InChI=1S/C21H21N3O4S2/c25-21(16-6-8-19(9-7-16)28-13-18-14-29-15-22-18)23-17-4-3-5-20(12-17)30(26,27)24-10-1-2-11-24/h3-9,12,14-15H,1-2,10-11,13H2,(H,23,25). The van der Waals surface area contributed by atoms with Gasteiger partial charge >= 0.3 is 0 Å². The normalized spacial score (nSPS) is 14.5. The van der Waals surface area contributed by atoms with Crippen LogP contribution < -0.4 is 10.1 Å². The molecule has 1 saturated heterocycles. The number of benzene rings is 2. The third-order valence-corrected chi connectivity index (χ3v) is 7.31. The van der Waals surface area contributed by atoms with Gasteiger partial charge in [-0.15, -0.1) is 11.3 Å². The average molecular weight is 444 g/mol. The van der Waals surface area contributed by atoms with Gasteiger partial charge in [-0.25, -0.2) is 13.4 Å². The van der Waals surface area contributed by atoms with Crippen LogP contribution in [0.15, 0.2) is 64.3 Å². The first kappa shape index (κ1) is 20.5. The maximum absolute atomic E-state index is 12.7. The summed E-state index contributed by atoms with van der Waals surface area (Å²) in [6.45, 7) is 1.44. The lowest BCUT2D eigenvalue weighted by molar-refractivity contribution is 0.102. The van der Waals surface area contributed by atoms with E-state index in [0.29, 0.717) is 36.7 Å². The van der Waals surface area contributed by atoms with Crippen molar-refractivity contribution in [2.45, 2.75) is 24.3 Å². The van der Waals surface area contributed by atoms with Crippen molar-refractivity contribution in [3.05, 3.63) is 70.7 Å². The Hall–Kier alpha value is -2.75. The second-order valence-electron chi connectivity index (χ2n) is 6.89. The largest absolute Gasteiger partial charge is 0.487 e. The number of rotatable bonds is 7. The molecule has 1 fully saturated rings. The van der Waals surface area contributed by atoms with Crippen molar-refractivity contribution in [1.82, 2.24) is 9.29 Å². The molecule has 3 aromatic rings. The van der Waals surface area contributed by atoms with Crippen LogP contribution in [0.4, 0.5) is 5.69 Å². The average Bonchev–Trinajstić information content (AvgIpc) is 3.47. The Bertz CT molecular complexity index is 1110. The molecule has 156 valence electrons. The summed E-state index contributed by atoms with van der Waals surface area (Å²) in [4.78, 5) is 16.9. The zero-order chi connectivity index (χ0) is 21.0. The fraction of sp³-hybridized carbons (Fsp3) is 0.238. The molecule has 0 radical (unpaired) electrons. The number of carbonyl (C=O) groups is 1. The molecule has 0 aliphatic carbocycles. The highest BCUT2D eigenvalue weighted by Crippen LogP contribution is 2.23. The summed E-state index contributed by atoms with van der Waals surface area (Å²) >= 11 is 1.51. The van der Waals surface area contributed by atoms with Crippen LogP contribution in [0.5, 0.6) is 5.75 Å². The molecule has 2 heterocycles. The number of hydrogen-bond donors (Lipinski definition) is 1. The number of nitrogens with zero attached hydrogens (tertiary/aromatic N) is 2. The lowest BCUT2D eigenvalue weighted by Gasteiger charge is -2.16. The first-order valence-corrected chi connectivity index (χ1v) is 11.9. The number of hydrogen-bond acceptors (Lipinski definition) is 6. The first-order valence-electron chi connectivity index (χ1n) is 9.54. The van der Waals surface area contributed by atoms with Gasteiger partial charge in [-0.2, -0.15) is 4.31 Å². The van der Waals surface area contributed by atoms with Gasteiger partial charge in [0.15, 0.2) is 0 Å². The van der Waals surface area contributed by atoms with Gasteiger partial charge in [0.1, 0.15) is 12.4 Å². The summed E-state index contributed by atoms with van der Waals surface area (Å²) < 4.78 is 32.6. The van der Waals surface area contributed by atoms with Crippen molar-refractivity contribution in [3.63, 3.8) is 0 Å². The Morgan fingerprint density at radius 3 is 2.60 bits per heavy atom. The second kappa shape index (κ2) is 8.95. The van der Waals surface area contributed by atoms with Crippen molar-refractivity contribution < 1.29 is 17.9 Å². The summed E-state index contributed by atoms with van der Waals surface area (Å²) in [6, 6.07) is 13.1. The van der Waals surface area contributed by atoms with Gasteiger partial charge < -0.3 is 10.1 Å². The van der Waals surface area contributed by atoms with E-state index >= 15 is 0 Å². The minimum Gasteiger partial charge on any atom is -0.487 e. The molecule has 4 rings (SSSR count). The topological polar surface area (TPSA) is 88.6 Å². The second-order valence-corrected chi connectivity index (χ2v) is 9.54. The van der Waals surface area contributed by atoms with E-state index in [4.69, 9.17) is 4.74 Å². The quantitative estimate of drug-likeness (QED) is 0.601. The highest BCUT2D eigenvalue weighted by atomic mass is 32.2. The van der Waals surface area contributed by atoms with Crippen LogP contribution in [0.1, 0.15) is 28.9 Å². The van der Waals surface area contributed by atoms with Gasteiger partial charge in [0.25, 0.3) is 5.91 Å². The molecule has 1 aromatic heterocycles. The highest BCUT2D eigenvalue weighted by molar-refractivity contribution is 7.89. The number of anilines is 1. The predicted molar refractivity (Wildman–Crippen MR) is 115 cm³/mol. The van der Waals surface area contributed by atoms with Crippen LogP contribution >= 0.6 is 11.3 Å². The molecule has 0 bridgehead atoms. The number of aromatic nitrogens is 1. The van der Waals surface area contributed by atoms with Gasteiger partial charge in [-0.3, -0.25) is 4.79 Å². The minimum absolute atomic E-state index is 0.188. The summed E-state index contributed by atoms with van der Waals surface area (Å²) in [5.74, 6) is 0.315. The zero-order valence-electron chi connectivity index (χ0n) is 16.2. The SMILES string of the molecule is O=C(Nc1cccc(S(=O)(=O)N2CCCC2)c1)c1ccc(OCc2cscn2)cc1. The van der Waals surface area contributed by atoms with E-state index in [1.54, 1.807) is 48.0 Å². The summed E-state index contributed by atoms with van der Waals surface area (Å²) in [5.41, 5.74) is 3.48. The number of amides is 1. The Labute approximate surface area is 179 Å². The molecule has 0 saturated carbocycles. The lowest BCUT2D eigenvalue weighted by atomic mass is 10.2. The van der Waals surface area contributed by atoms with E-state index in [2.05, 4.69) is 10.3 Å². The molecule has 30 heavy (non-hydrogen) atoms. The van der Waals surface area contributed by atoms with Crippen LogP contribution in [0.2, 0.25) is 0 Å². The van der Waals surface area contributed by atoms with Crippen LogP contribution in [0, 0.1) is 0 Å². The van der Waals surface area contributed by atoms with Crippen molar-refractivity contribution in [3.8, 4) is 5.75 Å². The Balaban J connectivity index is 1.41. The number of ether oxygens (including phenoxy) is 1. The van der Waals surface area contributed by atoms with E-state index in [0.717, 1.165) is 18.5 Å². The van der Waals surface area contributed by atoms with Crippen molar-refractivity contribution >= 4 is 33.0 Å². The van der Waals surface area contributed by atoms with Gasteiger partial charge in [0, 0.05) is 29.7 Å². The molecule has 0 spiro atoms. The van der Waals surface area contributed by atoms with Crippen LogP contribution in [-0.2, 0) is 16.6 Å². The smallest absolute Gasteiger partial charge is 0.255 e. The number of thiazole rings is 1. The molecule has 9 heteroatoms. The molecule has 0 unspecified atom stereocenters. The first-order chi connectivity index (χ1) is 14.5. The minimum atomic E-state index is -3.53. The molecule has 1 amide bonds. The van der Waals surface area contributed by atoms with Crippen LogP contribution in [0.3, 0.4) is 0 Å². The molecular weight excluding hydrogens is 422 g/mol. The molecule has 7 nitrogen and oxygen atoms in total. The fourth-order valence-electron chi connectivity index (χ4n) is 3.18. The zero-order valence-corrected chi connectivity index (χ0v) is 17.8. The summed E-state index contributed by atoms with van der Waals surface area (Å²) in [6.07, 6.45) is 1.75. The summed E-state index contributed by atoms with van der Waals surface area (Å²) in [5, 5.41) is 4.68. The van der Waals surface area contributed by atoms with Crippen LogP contribution in [-0.4, -0.2) is 36.7 Å². The number of sulfonamides is 1. The van der Waals surface area contributed by atoms with E-state index in [9.17, 15) is 13.2 Å². The van der Waals surface area contributed by atoms with Gasteiger partial charge in [0.2, 0.25) is 10.0 Å². The van der Waals surface area contributed by atoms with Crippen molar-refractivity contribution in [1.29, 1.82) is 0 Å². The van der Waals surface area contributed by atoms with E-state index in [-0.39, 0.29) is 10.8 Å². The van der Waals surface area contributed by atoms with E-state index in [1.807, 2.05) is 5.38 Å². The van der Waals surface area contributed by atoms with Crippen molar-refractivity contribution in [2.24, 2.45) is 0 Å². The Morgan fingerprint density at radius 1 is 1.13 bits per heavy atom. The maximum atomic E-state index is 12.7. The predicted octanol–water partition coefficient (Wildman–Crippen LogP) is 3.76. The van der Waals surface area contributed by atoms with Gasteiger partial charge in [-0.05, 0) is 55.3 Å². The van der Waals surface area contributed by atoms with E-state index in [1.165, 1.54) is 21.7 Å². The van der Waals surface area contributed by atoms with E-state index < -0.39 is 10.0 Å². The maximum Gasteiger partial charge on any atom is 0.255 e. The molecular formula is C21H21N3O4S2.